The summed E-state index contributed by atoms with van der Waals surface area (Å²) in [5.41, 5.74) is -0.953. The number of carbonyl (C=O) groups is 2. The highest BCUT2D eigenvalue weighted by Gasteiger charge is 2.78. The topological polar surface area (TPSA) is 102 Å². The van der Waals surface area contributed by atoms with Crippen molar-refractivity contribution in [2.24, 2.45) is 28.6 Å². The third kappa shape index (κ3) is 2.63. The number of esters is 2. The molecule has 182 valence electrons. The van der Waals surface area contributed by atoms with Gasteiger partial charge in [-0.15, -0.1) is 11.6 Å². The lowest BCUT2D eigenvalue weighted by Gasteiger charge is -2.64. The normalized spacial score (nSPS) is 54.7. The van der Waals surface area contributed by atoms with Crippen molar-refractivity contribution in [1.82, 2.24) is 0 Å². The average Bonchev–Trinajstić information content (AvgIpc) is 3.31. The predicted octanol–water partition coefficient (Wildman–Crippen LogP) is 2.84. The number of hydrogen-bond acceptors (Lipinski definition) is 7. The number of aliphatic hydroxyl groups excluding tert-OH is 1. The first-order chi connectivity index (χ1) is 15.5. The minimum atomic E-state index is -0.984. The second-order valence-electron chi connectivity index (χ2n) is 11.6. The third-order valence-corrected chi connectivity index (χ3v) is 11.4. The van der Waals surface area contributed by atoms with Gasteiger partial charge in [0.1, 0.15) is 12.7 Å². The minimum absolute atomic E-state index is 0.0225. The molecule has 4 aliphatic carbocycles. The number of alkyl halides is 1. The molecule has 6 aliphatic rings. The van der Waals surface area contributed by atoms with Gasteiger partial charge < -0.3 is 24.4 Å². The maximum atomic E-state index is 12.4. The summed E-state index contributed by atoms with van der Waals surface area (Å²) in [6.45, 7) is 3.90. The fourth-order valence-electron chi connectivity index (χ4n) is 9.28. The molecule has 1 saturated heterocycles. The van der Waals surface area contributed by atoms with E-state index in [2.05, 4.69) is 6.92 Å². The lowest BCUT2D eigenvalue weighted by Crippen LogP contribution is -2.69. The molecule has 5 fully saturated rings. The molecule has 2 heterocycles. The number of rotatable bonds is 2. The van der Waals surface area contributed by atoms with Gasteiger partial charge in [0.25, 0.3) is 0 Å². The van der Waals surface area contributed by atoms with Gasteiger partial charge in [0.05, 0.1) is 16.6 Å². The summed E-state index contributed by atoms with van der Waals surface area (Å²) in [4.78, 5) is 22.5. The zero-order chi connectivity index (χ0) is 23.4. The molecule has 10 atom stereocenters. The Morgan fingerprint density at radius 3 is 2.70 bits per heavy atom. The molecule has 2 N–H and O–H groups in total. The molecule has 0 aromatic rings. The van der Waals surface area contributed by atoms with Crippen LogP contribution in [0, 0.1) is 28.6 Å². The Morgan fingerprint density at radius 1 is 1.21 bits per heavy atom. The van der Waals surface area contributed by atoms with Crippen molar-refractivity contribution in [3.63, 3.8) is 0 Å². The summed E-state index contributed by atoms with van der Waals surface area (Å²) < 4.78 is 16.9. The molecule has 0 aromatic heterocycles. The molecule has 0 amide bonds. The lowest BCUT2D eigenvalue weighted by atomic mass is 9.42. The van der Waals surface area contributed by atoms with Crippen LogP contribution in [0.5, 0.6) is 0 Å². The van der Waals surface area contributed by atoms with Gasteiger partial charge in [-0.1, -0.05) is 6.92 Å². The summed E-state index contributed by atoms with van der Waals surface area (Å²) in [6, 6.07) is 0. The first-order valence-corrected chi connectivity index (χ1v) is 12.7. The highest BCUT2D eigenvalue weighted by atomic mass is 35.5. The number of hydrogen-bond donors (Lipinski definition) is 2. The van der Waals surface area contributed by atoms with E-state index in [1.807, 2.05) is 0 Å². The molecule has 2 bridgehead atoms. The van der Waals surface area contributed by atoms with Crippen molar-refractivity contribution in [3.8, 4) is 0 Å². The quantitative estimate of drug-likeness (QED) is 0.462. The van der Waals surface area contributed by atoms with Crippen LogP contribution in [0.1, 0.15) is 65.2 Å². The highest BCUT2D eigenvalue weighted by molar-refractivity contribution is 6.25. The molecule has 2 aliphatic heterocycles. The van der Waals surface area contributed by atoms with Crippen LogP contribution >= 0.6 is 11.6 Å². The molecule has 4 saturated carbocycles. The first-order valence-electron chi connectivity index (χ1n) is 12.3. The molecule has 8 heteroatoms. The monoisotopic (exact) mass is 480 g/mol. The Morgan fingerprint density at radius 2 is 2.00 bits per heavy atom. The van der Waals surface area contributed by atoms with E-state index in [0.717, 1.165) is 24.8 Å². The fourth-order valence-corrected chi connectivity index (χ4v) is 9.92. The summed E-state index contributed by atoms with van der Waals surface area (Å²) in [7, 11) is 0. The highest BCUT2D eigenvalue weighted by Crippen LogP contribution is 2.75. The van der Waals surface area contributed by atoms with Crippen LogP contribution in [-0.2, 0) is 23.8 Å². The lowest BCUT2D eigenvalue weighted by molar-refractivity contribution is -0.216. The minimum Gasteiger partial charge on any atom is -0.462 e. The number of carbonyl (C=O) groups excluding carboxylic acids is 2. The van der Waals surface area contributed by atoms with Crippen LogP contribution in [-0.4, -0.2) is 57.7 Å². The van der Waals surface area contributed by atoms with Crippen LogP contribution in [0.15, 0.2) is 11.6 Å². The van der Waals surface area contributed by atoms with Crippen LogP contribution in [0.3, 0.4) is 0 Å². The number of halogens is 1. The molecule has 0 radical (unpaired) electrons. The van der Waals surface area contributed by atoms with E-state index in [1.165, 1.54) is 6.92 Å². The van der Waals surface area contributed by atoms with Crippen LogP contribution in [0.4, 0.5) is 0 Å². The Kier molecular flexibility index (Phi) is 4.71. The third-order valence-electron chi connectivity index (χ3n) is 10.7. The van der Waals surface area contributed by atoms with Crippen LogP contribution < -0.4 is 0 Å². The maximum Gasteiger partial charge on any atom is 0.331 e. The second-order valence-corrected chi connectivity index (χ2v) is 12.3. The van der Waals surface area contributed by atoms with Crippen LogP contribution in [0.2, 0.25) is 0 Å². The van der Waals surface area contributed by atoms with E-state index in [9.17, 15) is 19.8 Å². The van der Waals surface area contributed by atoms with E-state index in [0.29, 0.717) is 38.7 Å². The van der Waals surface area contributed by atoms with E-state index in [1.54, 1.807) is 6.08 Å². The van der Waals surface area contributed by atoms with Gasteiger partial charge in [-0.05, 0) is 68.3 Å². The Hall–Kier alpha value is -1.15. The summed E-state index contributed by atoms with van der Waals surface area (Å²) in [5.74, 6) is -0.519. The smallest absolute Gasteiger partial charge is 0.331 e. The molecular formula is C25H33ClO7. The zero-order valence-electron chi connectivity index (χ0n) is 19.2. The molecule has 33 heavy (non-hydrogen) atoms. The summed E-state index contributed by atoms with van der Waals surface area (Å²) in [6.07, 6.45) is 5.33. The summed E-state index contributed by atoms with van der Waals surface area (Å²) in [5, 5.41) is 23.6. The number of cyclic esters (lactones) is 1. The SMILES string of the molecule is CC(=O)O[C@H]1CC[C@]23C(O)O[C@@H](C[C@@H]4[C@@H]2CC[C@]2(C)[C@@H](C5=CC(=O)OC5)CC[C@@]42O)[C@@]3(Cl)C1. The Balaban J connectivity index is 1.36. The van der Waals surface area contributed by atoms with Crippen molar-refractivity contribution in [2.45, 2.75) is 94.2 Å². The average molecular weight is 481 g/mol. The van der Waals surface area contributed by atoms with E-state index in [4.69, 9.17) is 25.8 Å². The molecule has 0 spiro atoms. The first kappa shape index (κ1) is 22.3. The number of fused-ring (bicyclic) bond motifs is 3. The van der Waals surface area contributed by atoms with E-state index >= 15 is 0 Å². The molecule has 6 rings (SSSR count). The summed E-state index contributed by atoms with van der Waals surface area (Å²) >= 11 is 7.37. The van der Waals surface area contributed by atoms with E-state index in [-0.39, 0.29) is 41.2 Å². The standard InChI is InChI=1S/C25H33ClO7/c1-13(27)32-15-3-7-23-17-4-6-22(2)16(14-9-20(28)31-12-14)5-8-25(22,30)18(17)10-19(33-21(23)29)24(23,26)11-15/h9,15-19,21,29-30H,3-8,10-12H2,1-2H3/t15-,16+,17-,18+,19-,21?,22+,23+,24-,25+/m0/s1. The van der Waals surface area contributed by atoms with Gasteiger partial charge in [0, 0.05) is 30.3 Å². The molecule has 1 unspecified atom stereocenters. The van der Waals surface area contributed by atoms with Crippen molar-refractivity contribution in [1.29, 1.82) is 0 Å². The van der Waals surface area contributed by atoms with Crippen molar-refractivity contribution in [3.05, 3.63) is 11.6 Å². The molecule has 7 nitrogen and oxygen atoms in total. The Labute approximate surface area is 198 Å². The maximum absolute atomic E-state index is 12.4. The fraction of sp³-hybridized carbons (Fsp3) is 0.840. The van der Waals surface area contributed by atoms with Gasteiger partial charge in [-0.25, -0.2) is 4.79 Å². The van der Waals surface area contributed by atoms with Gasteiger partial charge in [-0.2, -0.15) is 0 Å². The number of aliphatic hydroxyl groups is 2. The number of ether oxygens (including phenoxy) is 3. The van der Waals surface area contributed by atoms with E-state index < -0.39 is 28.3 Å². The zero-order valence-corrected chi connectivity index (χ0v) is 20.0. The van der Waals surface area contributed by atoms with Crippen molar-refractivity contribution >= 4 is 23.5 Å². The van der Waals surface area contributed by atoms with Crippen molar-refractivity contribution in [2.75, 3.05) is 6.61 Å². The molecular weight excluding hydrogens is 448 g/mol. The predicted molar refractivity (Wildman–Crippen MR) is 117 cm³/mol. The second kappa shape index (κ2) is 6.96. The van der Waals surface area contributed by atoms with Gasteiger partial charge in [0.2, 0.25) is 0 Å². The van der Waals surface area contributed by atoms with Gasteiger partial charge in [-0.3, -0.25) is 4.79 Å². The van der Waals surface area contributed by atoms with Crippen LogP contribution in [0.25, 0.3) is 0 Å². The van der Waals surface area contributed by atoms with Gasteiger partial charge in [0.15, 0.2) is 6.29 Å². The molecule has 0 aromatic carbocycles. The van der Waals surface area contributed by atoms with Gasteiger partial charge >= 0.3 is 11.9 Å². The largest absolute Gasteiger partial charge is 0.462 e. The van der Waals surface area contributed by atoms with Crippen molar-refractivity contribution < 1.29 is 34.0 Å². The Bertz CT molecular complexity index is 936.